The van der Waals surface area contributed by atoms with Gasteiger partial charge in [0, 0.05) is 5.69 Å². The van der Waals surface area contributed by atoms with Crippen molar-refractivity contribution in [1.82, 2.24) is 5.32 Å². The lowest BCUT2D eigenvalue weighted by molar-refractivity contribution is -0.115. The van der Waals surface area contributed by atoms with Crippen molar-refractivity contribution in [3.05, 3.63) is 29.3 Å². The fourth-order valence-electron chi connectivity index (χ4n) is 2.25. The number of aryl methyl sites for hydroxylation is 2. The van der Waals surface area contributed by atoms with E-state index in [1.54, 1.807) is 0 Å². The number of hydrogen-bond acceptors (Lipinski definition) is 2. The Labute approximate surface area is 103 Å². The molecule has 1 aromatic carbocycles. The van der Waals surface area contributed by atoms with E-state index >= 15 is 0 Å². The predicted octanol–water partition coefficient (Wildman–Crippen LogP) is 2.11. The molecule has 0 radical (unpaired) electrons. The van der Waals surface area contributed by atoms with Crippen LogP contribution < -0.4 is 10.6 Å². The van der Waals surface area contributed by atoms with Crippen LogP contribution in [0, 0.1) is 0 Å². The van der Waals surface area contributed by atoms with Crippen LogP contribution in [0.2, 0.25) is 0 Å². The molecular weight excluding hydrogens is 212 g/mol. The van der Waals surface area contributed by atoms with E-state index in [4.69, 9.17) is 0 Å². The molecule has 0 fully saturated rings. The maximum Gasteiger partial charge on any atom is 0.238 e. The molecule has 92 valence electrons. The largest absolute Gasteiger partial charge is 0.325 e. The molecule has 0 unspecified atom stereocenters. The summed E-state index contributed by atoms with van der Waals surface area (Å²) < 4.78 is 0. The molecule has 1 aliphatic rings. The average molecular weight is 232 g/mol. The first-order valence-corrected chi connectivity index (χ1v) is 6.42. The molecular formula is C14H20N2O. The maximum atomic E-state index is 11.6. The fourth-order valence-corrected chi connectivity index (χ4v) is 2.25. The standard InChI is InChI=1S/C14H20N2O/c1-2-15-10-14(17)16-13-8-7-11-5-3-4-6-12(11)9-13/h7-9,15H,2-6,10H2,1H3,(H,16,17). The molecule has 0 atom stereocenters. The van der Waals surface area contributed by atoms with Gasteiger partial charge in [0.25, 0.3) is 0 Å². The summed E-state index contributed by atoms with van der Waals surface area (Å²) in [5, 5.41) is 5.94. The summed E-state index contributed by atoms with van der Waals surface area (Å²) in [5.74, 6) is 0.0302. The number of carbonyl (C=O) groups excluding carboxylic acids is 1. The highest BCUT2D eigenvalue weighted by molar-refractivity contribution is 5.92. The molecule has 2 N–H and O–H groups in total. The minimum absolute atomic E-state index is 0.0302. The Balaban J connectivity index is 1.99. The molecule has 1 aliphatic carbocycles. The molecule has 1 amide bonds. The van der Waals surface area contributed by atoms with E-state index in [1.165, 1.54) is 30.4 Å². The number of benzene rings is 1. The van der Waals surface area contributed by atoms with Gasteiger partial charge in [-0.05, 0) is 55.5 Å². The van der Waals surface area contributed by atoms with Gasteiger partial charge in [-0.2, -0.15) is 0 Å². The number of nitrogens with one attached hydrogen (secondary N) is 2. The van der Waals surface area contributed by atoms with Crippen molar-refractivity contribution < 1.29 is 4.79 Å². The quantitative estimate of drug-likeness (QED) is 0.835. The van der Waals surface area contributed by atoms with E-state index < -0.39 is 0 Å². The third kappa shape index (κ3) is 3.30. The lowest BCUT2D eigenvalue weighted by Gasteiger charge is -2.16. The summed E-state index contributed by atoms with van der Waals surface area (Å²) in [4.78, 5) is 11.6. The number of hydrogen-bond donors (Lipinski definition) is 2. The van der Waals surface area contributed by atoms with Gasteiger partial charge in [-0.25, -0.2) is 0 Å². The number of carbonyl (C=O) groups is 1. The summed E-state index contributed by atoms with van der Waals surface area (Å²) >= 11 is 0. The van der Waals surface area contributed by atoms with Gasteiger partial charge in [-0.15, -0.1) is 0 Å². The average Bonchev–Trinajstić information content (AvgIpc) is 2.36. The zero-order valence-corrected chi connectivity index (χ0v) is 10.4. The third-order valence-corrected chi connectivity index (χ3v) is 3.17. The summed E-state index contributed by atoms with van der Waals surface area (Å²) in [6.07, 6.45) is 4.88. The van der Waals surface area contributed by atoms with Crippen molar-refractivity contribution in [3.63, 3.8) is 0 Å². The molecule has 0 saturated carbocycles. The topological polar surface area (TPSA) is 41.1 Å². The predicted molar refractivity (Wildman–Crippen MR) is 70.3 cm³/mol. The second-order valence-corrected chi connectivity index (χ2v) is 4.52. The SMILES string of the molecule is CCNCC(=O)Nc1ccc2c(c1)CCCC2. The Hall–Kier alpha value is -1.35. The molecule has 17 heavy (non-hydrogen) atoms. The Morgan fingerprint density at radius 2 is 2.00 bits per heavy atom. The first-order chi connectivity index (χ1) is 8.29. The van der Waals surface area contributed by atoms with Crippen molar-refractivity contribution in [2.24, 2.45) is 0 Å². The van der Waals surface area contributed by atoms with Crippen LogP contribution in [-0.4, -0.2) is 19.0 Å². The van der Waals surface area contributed by atoms with Crippen molar-refractivity contribution in [2.45, 2.75) is 32.6 Å². The minimum Gasteiger partial charge on any atom is -0.325 e. The van der Waals surface area contributed by atoms with Crippen LogP contribution in [0.1, 0.15) is 30.9 Å². The van der Waals surface area contributed by atoms with Crippen LogP contribution in [-0.2, 0) is 17.6 Å². The molecule has 0 aromatic heterocycles. The van der Waals surface area contributed by atoms with Gasteiger partial charge in [0.15, 0.2) is 0 Å². The van der Waals surface area contributed by atoms with Gasteiger partial charge in [-0.3, -0.25) is 4.79 Å². The minimum atomic E-state index is 0.0302. The number of likely N-dealkylation sites (N-methyl/N-ethyl adjacent to an activating group) is 1. The molecule has 3 heteroatoms. The van der Waals surface area contributed by atoms with E-state index in [9.17, 15) is 4.79 Å². The number of rotatable bonds is 4. The zero-order valence-electron chi connectivity index (χ0n) is 10.4. The first-order valence-electron chi connectivity index (χ1n) is 6.42. The van der Waals surface area contributed by atoms with E-state index in [0.29, 0.717) is 6.54 Å². The van der Waals surface area contributed by atoms with E-state index in [2.05, 4.69) is 22.8 Å². The van der Waals surface area contributed by atoms with Crippen LogP contribution in [0.5, 0.6) is 0 Å². The fraction of sp³-hybridized carbons (Fsp3) is 0.500. The molecule has 2 rings (SSSR count). The number of anilines is 1. The summed E-state index contributed by atoms with van der Waals surface area (Å²) in [7, 11) is 0. The van der Waals surface area contributed by atoms with Gasteiger partial charge in [0.05, 0.1) is 6.54 Å². The van der Waals surface area contributed by atoms with E-state index in [-0.39, 0.29) is 5.91 Å². The summed E-state index contributed by atoms with van der Waals surface area (Å²) in [6, 6.07) is 6.28. The van der Waals surface area contributed by atoms with Crippen LogP contribution in [0.3, 0.4) is 0 Å². The highest BCUT2D eigenvalue weighted by Crippen LogP contribution is 2.24. The zero-order chi connectivity index (χ0) is 12.1. The monoisotopic (exact) mass is 232 g/mol. The van der Waals surface area contributed by atoms with Crippen molar-refractivity contribution in [2.75, 3.05) is 18.4 Å². The van der Waals surface area contributed by atoms with Crippen LogP contribution >= 0.6 is 0 Å². The Morgan fingerprint density at radius 1 is 1.24 bits per heavy atom. The van der Waals surface area contributed by atoms with Crippen LogP contribution in [0.25, 0.3) is 0 Å². The second-order valence-electron chi connectivity index (χ2n) is 4.52. The smallest absolute Gasteiger partial charge is 0.238 e. The number of amides is 1. The van der Waals surface area contributed by atoms with Crippen LogP contribution in [0.15, 0.2) is 18.2 Å². The molecule has 3 nitrogen and oxygen atoms in total. The van der Waals surface area contributed by atoms with Crippen LogP contribution in [0.4, 0.5) is 5.69 Å². The molecule has 0 saturated heterocycles. The summed E-state index contributed by atoms with van der Waals surface area (Å²) in [5.41, 5.74) is 3.77. The molecule has 1 aromatic rings. The van der Waals surface area contributed by atoms with Crippen molar-refractivity contribution in [1.29, 1.82) is 0 Å². The molecule has 0 aliphatic heterocycles. The van der Waals surface area contributed by atoms with Gasteiger partial charge >= 0.3 is 0 Å². The van der Waals surface area contributed by atoms with Crippen molar-refractivity contribution >= 4 is 11.6 Å². The van der Waals surface area contributed by atoms with Gasteiger partial charge in [-0.1, -0.05) is 13.0 Å². The normalized spacial score (nSPS) is 14.2. The number of fused-ring (bicyclic) bond motifs is 1. The third-order valence-electron chi connectivity index (χ3n) is 3.17. The highest BCUT2D eigenvalue weighted by Gasteiger charge is 2.10. The van der Waals surface area contributed by atoms with Gasteiger partial charge in [0.1, 0.15) is 0 Å². The lowest BCUT2D eigenvalue weighted by Crippen LogP contribution is -2.27. The first kappa shape index (κ1) is 12.1. The Morgan fingerprint density at radius 3 is 2.76 bits per heavy atom. The van der Waals surface area contributed by atoms with Gasteiger partial charge < -0.3 is 10.6 Å². The van der Waals surface area contributed by atoms with Gasteiger partial charge in [0.2, 0.25) is 5.91 Å². The molecule has 0 spiro atoms. The second kappa shape index (κ2) is 5.82. The Bertz CT molecular complexity index is 401. The summed E-state index contributed by atoms with van der Waals surface area (Å²) in [6.45, 7) is 3.19. The Kier molecular flexibility index (Phi) is 4.15. The lowest BCUT2D eigenvalue weighted by atomic mass is 9.91. The maximum absolute atomic E-state index is 11.6. The highest BCUT2D eigenvalue weighted by atomic mass is 16.1. The molecule has 0 heterocycles. The van der Waals surface area contributed by atoms with Crippen molar-refractivity contribution in [3.8, 4) is 0 Å². The van der Waals surface area contributed by atoms with E-state index in [0.717, 1.165) is 18.7 Å². The molecule has 0 bridgehead atoms. The van der Waals surface area contributed by atoms with E-state index in [1.807, 2.05) is 13.0 Å².